The number of ether oxygens (including phenoxy) is 2. The van der Waals surface area contributed by atoms with Gasteiger partial charge in [-0.1, -0.05) is 12.1 Å². The monoisotopic (exact) mass is 368 g/mol. The van der Waals surface area contributed by atoms with Gasteiger partial charge in [0.1, 0.15) is 23.9 Å². The smallest absolute Gasteiger partial charge is 0.512 e. The zero-order chi connectivity index (χ0) is 19.2. The first-order chi connectivity index (χ1) is 13.0. The Labute approximate surface area is 155 Å². The van der Waals surface area contributed by atoms with Gasteiger partial charge >= 0.3 is 7.32 Å². The van der Waals surface area contributed by atoms with Gasteiger partial charge in [0, 0.05) is 24.5 Å². The van der Waals surface area contributed by atoms with E-state index in [9.17, 15) is 4.79 Å². The maximum absolute atomic E-state index is 12.1. The summed E-state index contributed by atoms with van der Waals surface area (Å²) in [6, 6.07) is 11.7. The second-order valence-corrected chi connectivity index (χ2v) is 5.51. The molecular weight excluding hydrogens is 351 g/mol. The van der Waals surface area contributed by atoms with Gasteiger partial charge in [0.15, 0.2) is 5.75 Å². The van der Waals surface area contributed by atoms with Gasteiger partial charge in [-0.25, -0.2) is 4.98 Å². The number of hydrogen-bond donors (Lipinski definition) is 2. The molecule has 0 aliphatic rings. The summed E-state index contributed by atoms with van der Waals surface area (Å²) in [6.07, 6.45) is 4.49. The molecule has 2 heterocycles. The predicted molar refractivity (Wildman–Crippen MR) is 98.0 cm³/mol. The van der Waals surface area contributed by atoms with Gasteiger partial charge in [0.2, 0.25) is 5.43 Å². The van der Waals surface area contributed by atoms with Crippen LogP contribution in [0.5, 0.6) is 17.2 Å². The molecule has 0 aliphatic carbocycles. The summed E-state index contributed by atoms with van der Waals surface area (Å²) in [5.74, 6) is 1.53. The lowest BCUT2D eigenvalue weighted by Crippen LogP contribution is -2.20. The van der Waals surface area contributed by atoms with E-state index in [1.54, 1.807) is 11.7 Å². The fourth-order valence-electron chi connectivity index (χ4n) is 2.33. The van der Waals surface area contributed by atoms with E-state index in [0.29, 0.717) is 5.82 Å². The van der Waals surface area contributed by atoms with Crippen LogP contribution in [-0.2, 0) is 6.61 Å². The van der Waals surface area contributed by atoms with E-state index in [2.05, 4.69) is 4.98 Å². The summed E-state index contributed by atoms with van der Waals surface area (Å²) < 4.78 is 17.1. The minimum atomic E-state index is -1.93. The van der Waals surface area contributed by atoms with Crippen molar-refractivity contribution in [1.82, 2.24) is 9.55 Å². The molecule has 3 rings (SSSR count). The third-order valence-electron chi connectivity index (χ3n) is 3.66. The van der Waals surface area contributed by atoms with Crippen molar-refractivity contribution < 1.29 is 24.2 Å². The zero-order valence-corrected chi connectivity index (χ0v) is 14.5. The molecule has 0 spiro atoms. The Kier molecular flexibility index (Phi) is 5.75. The lowest BCUT2D eigenvalue weighted by atomic mass is 10.2. The molecule has 9 heteroatoms. The van der Waals surface area contributed by atoms with E-state index in [-0.39, 0.29) is 23.5 Å². The third-order valence-corrected chi connectivity index (χ3v) is 3.66. The first-order valence-electron chi connectivity index (χ1n) is 8.02. The van der Waals surface area contributed by atoms with Crippen LogP contribution in [0.25, 0.3) is 5.82 Å². The minimum Gasteiger partial charge on any atom is -0.512 e. The molecule has 0 saturated heterocycles. The highest BCUT2D eigenvalue weighted by molar-refractivity contribution is 6.33. The lowest BCUT2D eigenvalue weighted by molar-refractivity contribution is 0.288. The summed E-state index contributed by atoms with van der Waals surface area (Å²) in [5, 5.41) is 17.8. The van der Waals surface area contributed by atoms with Gasteiger partial charge in [-0.3, -0.25) is 4.79 Å². The number of hydrogen-bond acceptors (Lipinski definition) is 7. The van der Waals surface area contributed by atoms with Gasteiger partial charge in [0.25, 0.3) is 0 Å². The van der Waals surface area contributed by atoms with E-state index >= 15 is 0 Å². The molecule has 0 amide bonds. The Morgan fingerprint density at radius 1 is 1.11 bits per heavy atom. The Morgan fingerprint density at radius 2 is 1.89 bits per heavy atom. The lowest BCUT2D eigenvalue weighted by Gasteiger charge is -2.11. The van der Waals surface area contributed by atoms with Crippen LogP contribution >= 0.6 is 0 Å². The number of pyridine rings is 2. The number of aromatic nitrogens is 2. The largest absolute Gasteiger partial charge is 0.707 e. The van der Waals surface area contributed by atoms with Crippen LogP contribution in [0.1, 0.15) is 5.56 Å². The van der Waals surface area contributed by atoms with Crippen molar-refractivity contribution in [2.75, 3.05) is 7.11 Å². The van der Waals surface area contributed by atoms with E-state index in [1.807, 2.05) is 24.3 Å². The normalized spacial score (nSPS) is 10.3. The van der Waals surface area contributed by atoms with Gasteiger partial charge in [-0.05, 0) is 23.8 Å². The topological polar surface area (TPSA) is 103 Å². The van der Waals surface area contributed by atoms with Crippen molar-refractivity contribution in [1.29, 1.82) is 0 Å². The number of methoxy groups -OCH3 is 1. The molecule has 0 atom stereocenters. The molecule has 2 N–H and O–H groups in total. The van der Waals surface area contributed by atoms with Crippen molar-refractivity contribution >= 4 is 7.32 Å². The first kappa shape index (κ1) is 18.5. The average Bonchev–Trinajstić information content (AvgIpc) is 2.67. The van der Waals surface area contributed by atoms with Gasteiger partial charge in [0.05, 0.1) is 13.3 Å². The molecule has 27 heavy (non-hydrogen) atoms. The highest BCUT2D eigenvalue weighted by Crippen LogP contribution is 2.17. The first-order valence-corrected chi connectivity index (χ1v) is 8.02. The minimum absolute atomic E-state index is 0.156. The molecule has 0 unspecified atom stereocenters. The Hall–Kier alpha value is -3.30. The summed E-state index contributed by atoms with van der Waals surface area (Å²) in [7, 11) is -0.342. The molecule has 138 valence electrons. The zero-order valence-electron chi connectivity index (χ0n) is 14.5. The summed E-state index contributed by atoms with van der Waals surface area (Å²) >= 11 is 0. The van der Waals surface area contributed by atoms with Crippen molar-refractivity contribution in [2.24, 2.45) is 0 Å². The maximum Gasteiger partial charge on any atom is 0.707 e. The summed E-state index contributed by atoms with van der Waals surface area (Å²) in [6.45, 7) is 0.219. The molecule has 0 fully saturated rings. The molecular formula is C18H17BN2O6. The van der Waals surface area contributed by atoms with Crippen molar-refractivity contribution in [3.05, 3.63) is 76.8 Å². The summed E-state index contributed by atoms with van der Waals surface area (Å²) in [5.41, 5.74) is 0.619. The molecule has 0 aliphatic heterocycles. The third kappa shape index (κ3) is 4.87. The Bertz CT molecular complexity index is 959. The fraction of sp³-hybridized carbons (Fsp3) is 0.111. The van der Waals surface area contributed by atoms with E-state index in [0.717, 1.165) is 11.3 Å². The maximum atomic E-state index is 12.1. The predicted octanol–water partition coefficient (Wildman–Crippen LogP) is 1.17. The highest BCUT2D eigenvalue weighted by atomic mass is 16.6. The Balaban J connectivity index is 1.78. The summed E-state index contributed by atoms with van der Waals surface area (Å²) in [4.78, 5) is 16.2. The average molecular weight is 368 g/mol. The Morgan fingerprint density at radius 3 is 2.59 bits per heavy atom. The van der Waals surface area contributed by atoms with Gasteiger partial charge in [-0.2, -0.15) is 0 Å². The van der Waals surface area contributed by atoms with Crippen LogP contribution in [0.2, 0.25) is 0 Å². The highest BCUT2D eigenvalue weighted by Gasteiger charge is 2.12. The number of rotatable bonds is 7. The standard InChI is InChI=1S/C18H17BN2O6/c1-25-14-4-2-13(3-5-14)12-26-17-11-21(9-7-16(17)22)18-10-15(6-8-20-18)27-19(23)24/h2-11,23-24H,12H2,1H3. The van der Waals surface area contributed by atoms with Gasteiger partial charge in [-0.15, -0.1) is 0 Å². The fourth-order valence-corrected chi connectivity index (χ4v) is 2.33. The molecule has 0 bridgehead atoms. The molecule has 0 saturated carbocycles. The SMILES string of the molecule is COc1ccc(COc2cn(-c3cc(OB(O)O)ccn3)ccc2=O)cc1. The number of benzene rings is 1. The van der Waals surface area contributed by atoms with Crippen LogP contribution in [0.3, 0.4) is 0 Å². The molecule has 3 aromatic rings. The van der Waals surface area contributed by atoms with Crippen molar-refractivity contribution in [2.45, 2.75) is 6.61 Å². The second-order valence-electron chi connectivity index (χ2n) is 5.51. The molecule has 1 aromatic carbocycles. The van der Waals surface area contributed by atoms with Gasteiger partial charge < -0.3 is 28.7 Å². The van der Waals surface area contributed by atoms with E-state index in [1.165, 1.54) is 36.8 Å². The van der Waals surface area contributed by atoms with Crippen LogP contribution in [-0.4, -0.2) is 34.0 Å². The van der Waals surface area contributed by atoms with Crippen LogP contribution in [0, 0.1) is 0 Å². The van der Waals surface area contributed by atoms with Crippen LogP contribution in [0.4, 0.5) is 0 Å². The van der Waals surface area contributed by atoms with E-state index in [4.69, 9.17) is 24.2 Å². The number of nitrogens with zero attached hydrogens (tertiary/aromatic N) is 2. The second kappa shape index (κ2) is 8.39. The van der Waals surface area contributed by atoms with Crippen LogP contribution < -0.4 is 19.6 Å². The van der Waals surface area contributed by atoms with Crippen molar-refractivity contribution in [3.8, 4) is 23.1 Å². The quantitative estimate of drug-likeness (QED) is 0.604. The van der Waals surface area contributed by atoms with Crippen LogP contribution in [0.15, 0.2) is 65.8 Å². The molecule has 0 radical (unpaired) electrons. The van der Waals surface area contributed by atoms with Crippen molar-refractivity contribution in [3.63, 3.8) is 0 Å². The molecule has 8 nitrogen and oxygen atoms in total. The molecule has 2 aromatic heterocycles. The van der Waals surface area contributed by atoms with E-state index < -0.39 is 7.32 Å².